The van der Waals surface area contributed by atoms with Crippen LogP contribution >= 0.6 is 0 Å². The summed E-state index contributed by atoms with van der Waals surface area (Å²) in [6.07, 6.45) is 4.23. The maximum atomic E-state index is 12.5. The van der Waals surface area contributed by atoms with Gasteiger partial charge in [-0.1, -0.05) is 59.8 Å². The number of fused-ring (bicyclic) bond motifs is 3. The van der Waals surface area contributed by atoms with E-state index in [1.165, 1.54) is 11.1 Å². The number of hydrogen-bond acceptors (Lipinski definition) is 4. The van der Waals surface area contributed by atoms with Gasteiger partial charge in [-0.25, -0.2) is 0 Å². The maximum absolute atomic E-state index is 12.5. The van der Waals surface area contributed by atoms with Crippen molar-refractivity contribution < 1.29 is 4.79 Å². The van der Waals surface area contributed by atoms with E-state index < -0.39 is 0 Å². The average molecular weight is 416 g/mol. The Labute approximate surface area is 183 Å². The zero-order chi connectivity index (χ0) is 21.4. The van der Waals surface area contributed by atoms with Crippen LogP contribution in [0.2, 0.25) is 0 Å². The summed E-state index contributed by atoms with van der Waals surface area (Å²) in [5, 5.41) is 8.81. The number of nitrogens with zero attached hydrogens (tertiary/aromatic N) is 5. The van der Waals surface area contributed by atoms with Crippen LogP contribution in [0.4, 0.5) is 0 Å². The van der Waals surface area contributed by atoms with Gasteiger partial charge in [0.05, 0.1) is 18.7 Å². The van der Waals surface area contributed by atoms with E-state index in [1.807, 2.05) is 31.0 Å². The van der Waals surface area contributed by atoms with Gasteiger partial charge in [-0.15, -0.1) is 5.10 Å². The van der Waals surface area contributed by atoms with Crippen molar-refractivity contribution in [2.75, 3.05) is 27.2 Å². The summed E-state index contributed by atoms with van der Waals surface area (Å²) >= 11 is 0. The molecule has 3 aliphatic rings. The van der Waals surface area contributed by atoms with Crippen molar-refractivity contribution in [3.63, 3.8) is 0 Å². The van der Waals surface area contributed by atoms with E-state index in [1.54, 1.807) is 4.90 Å². The zero-order valence-corrected chi connectivity index (χ0v) is 18.2. The molecule has 6 nitrogen and oxygen atoms in total. The molecule has 31 heavy (non-hydrogen) atoms. The fraction of sp³-hybridized carbons (Fsp3) is 0.400. The van der Waals surface area contributed by atoms with Crippen LogP contribution in [0.15, 0.2) is 60.8 Å². The van der Waals surface area contributed by atoms with Crippen molar-refractivity contribution in [3.8, 4) is 22.4 Å². The van der Waals surface area contributed by atoms with E-state index in [-0.39, 0.29) is 11.8 Å². The molecule has 160 valence electrons. The van der Waals surface area contributed by atoms with Crippen LogP contribution in [0.5, 0.6) is 0 Å². The van der Waals surface area contributed by atoms with Gasteiger partial charge in [-0.3, -0.25) is 14.4 Å². The van der Waals surface area contributed by atoms with Crippen molar-refractivity contribution >= 4 is 5.91 Å². The van der Waals surface area contributed by atoms with Crippen LogP contribution in [-0.2, 0) is 11.3 Å². The smallest absolute Gasteiger partial charge is 0.226 e. The summed E-state index contributed by atoms with van der Waals surface area (Å²) in [7, 11) is 3.72. The Bertz CT molecular complexity index is 1040. The SMILES string of the molecule is CN(C)C(=O)C1CN2CCC1CC2Cn1cc(-c2ccc(-c3ccccc3)cc2)nn1. The van der Waals surface area contributed by atoms with Gasteiger partial charge in [0.2, 0.25) is 5.91 Å². The molecule has 2 bridgehead atoms. The predicted molar refractivity (Wildman–Crippen MR) is 121 cm³/mol. The number of hydrogen-bond donors (Lipinski definition) is 0. The first-order valence-electron chi connectivity index (χ1n) is 11.1. The summed E-state index contributed by atoms with van der Waals surface area (Å²) in [6, 6.07) is 19.3. The minimum atomic E-state index is 0.148. The second-order valence-electron chi connectivity index (χ2n) is 9.04. The van der Waals surface area contributed by atoms with Crippen molar-refractivity contribution in [2.24, 2.45) is 11.8 Å². The molecule has 4 unspecified atom stereocenters. The number of aromatic nitrogens is 3. The van der Waals surface area contributed by atoms with Gasteiger partial charge in [0.25, 0.3) is 0 Å². The summed E-state index contributed by atoms with van der Waals surface area (Å²) in [5.41, 5.74) is 4.39. The topological polar surface area (TPSA) is 54.3 Å². The quantitative estimate of drug-likeness (QED) is 0.641. The first kappa shape index (κ1) is 19.9. The van der Waals surface area contributed by atoms with E-state index >= 15 is 0 Å². The van der Waals surface area contributed by atoms with Gasteiger partial charge >= 0.3 is 0 Å². The standard InChI is InChI=1S/C25H29N5O/c1-28(2)25(31)23-16-29-13-12-21(23)14-22(29)15-30-17-24(26-27-30)20-10-8-19(9-11-20)18-6-4-3-5-7-18/h3-11,17,21-23H,12-16H2,1-2H3. The summed E-state index contributed by atoms with van der Waals surface area (Å²) in [5.74, 6) is 0.906. The second kappa shape index (κ2) is 8.27. The van der Waals surface area contributed by atoms with E-state index in [9.17, 15) is 4.79 Å². The molecular weight excluding hydrogens is 386 g/mol. The van der Waals surface area contributed by atoms with Gasteiger partial charge in [-0.2, -0.15) is 0 Å². The van der Waals surface area contributed by atoms with E-state index in [0.29, 0.717) is 12.0 Å². The van der Waals surface area contributed by atoms with Crippen molar-refractivity contribution in [3.05, 3.63) is 60.8 Å². The number of rotatable bonds is 5. The van der Waals surface area contributed by atoms with Crippen molar-refractivity contribution in [1.82, 2.24) is 24.8 Å². The first-order valence-corrected chi connectivity index (χ1v) is 11.1. The Hall–Kier alpha value is -2.99. The van der Waals surface area contributed by atoms with Gasteiger partial charge < -0.3 is 4.90 Å². The number of carbonyl (C=O) groups is 1. The Kier molecular flexibility index (Phi) is 5.32. The van der Waals surface area contributed by atoms with Crippen LogP contribution in [0, 0.1) is 11.8 Å². The highest BCUT2D eigenvalue weighted by Crippen LogP contribution is 2.37. The lowest BCUT2D eigenvalue weighted by atomic mass is 9.75. The average Bonchev–Trinajstić information content (AvgIpc) is 3.28. The third kappa shape index (κ3) is 4.00. The molecule has 1 aromatic heterocycles. The summed E-state index contributed by atoms with van der Waals surface area (Å²) < 4.78 is 1.97. The summed E-state index contributed by atoms with van der Waals surface area (Å²) in [4.78, 5) is 16.7. The van der Waals surface area contributed by atoms with E-state index in [2.05, 4.69) is 63.7 Å². The molecule has 4 heterocycles. The zero-order valence-electron chi connectivity index (χ0n) is 18.2. The minimum Gasteiger partial charge on any atom is -0.349 e. The monoisotopic (exact) mass is 415 g/mol. The van der Waals surface area contributed by atoms with Gasteiger partial charge in [0, 0.05) is 32.2 Å². The maximum Gasteiger partial charge on any atom is 0.226 e. The Morgan fingerprint density at radius 3 is 2.42 bits per heavy atom. The van der Waals surface area contributed by atoms with E-state index in [0.717, 1.165) is 43.7 Å². The third-order valence-electron chi connectivity index (χ3n) is 6.86. The van der Waals surface area contributed by atoms with Crippen LogP contribution in [0.3, 0.4) is 0 Å². The highest BCUT2D eigenvalue weighted by Gasteiger charge is 2.43. The molecule has 0 spiro atoms. The molecule has 0 aliphatic carbocycles. The Morgan fingerprint density at radius 2 is 1.74 bits per heavy atom. The second-order valence-corrected chi connectivity index (χ2v) is 9.04. The molecular formula is C25H29N5O. The lowest BCUT2D eigenvalue weighted by Crippen LogP contribution is -2.57. The number of benzene rings is 2. The predicted octanol–water partition coefficient (Wildman–Crippen LogP) is 3.41. The van der Waals surface area contributed by atoms with Crippen LogP contribution in [0.1, 0.15) is 12.8 Å². The molecule has 0 N–H and O–H groups in total. The molecule has 3 fully saturated rings. The van der Waals surface area contributed by atoms with E-state index in [4.69, 9.17) is 0 Å². The van der Waals surface area contributed by atoms with Gasteiger partial charge in [0.15, 0.2) is 0 Å². The van der Waals surface area contributed by atoms with Gasteiger partial charge in [-0.05, 0) is 36.4 Å². The highest BCUT2D eigenvalue weighted by molar-refractivity contribution is 5.79. The molecule has 4 atom stereocenters. The molecule has 3 aromatic rings. The van der Waals surface area contributed by atoms with Crippen molar-refractivity contribution in [2.45, 2.75) is 25.4 Å². The third-order valence-corrected chi connectivity index (χ3v) is 6.86. The lowest BCUT2D eigenvalue weighted by molar-refractivity contribution is -0.141. The van der Waals surface area contributed by atoms with Crippen LogP contribution < -0.4 is 0 Å². The number of amides is 1. The first-order chi connectivity index (χ1) is 15.1. The van der Waals surface area contributed by atoms with Crippen LogP contribution in [-0.4, -0.2) is 63.9 Å². The van der Waals surface area contributed by atoms with Crippen LogP contribution in [0.25, 0.3) is 22.4 Å². The molecule has 3 aliphatic heterocycles. The lowest BCUT2D eigenvalue weighted by Gasteiger charge is -2.49. The highest BCUT2D eigenvalue weighted by atomic mass is 16.2. The molecule has 2 aromatic carbocycles. The van der Waals surface area contributed by atoms with Crippen molar-refractivity contribution in [1.29, 1.82) is 0 Å². The molecule has 0 saturated carbocycles. The molecule has 0 radical (unpaired) electrons. The fourth-order valence-electron chi connectivity index (χ4n) is 5.14. The molecule has 1 amide bonds. The normalized spacial score (nSPS) is 24.8. The largest absolute Gasteiger partial charge is 0.349 e. The Morgan fingerprint density at radius 1 is 1.03 bits per heavy atom. The number of piperidine rings is 3. The number of carbonyl (C=O) groups excluding carboxylic acids is 1. The summed E-state index contributed by atoms with van der Waals surface area (Å²) in [6.45, 7) is 2.78. The van der Waals surface area contributed by atoms with Gasteiger partial charge in [0.1, 0.15) is 5.69 Å². The molecule has 3 saturated heterocycles. The Balaban J connectivity index is 1.25. The molecule has 6 rings (SSSR count). The minimum absolute atomic E-state index is 0.148. The fourth-order valence-corrected chi connectivity index (χ4v) is 5.14. The molecule has 6 heteroatoms.